The fraction of sp³-hybridized carbons (Fsp3) is 0. The molecule has 162 valence electrons. The zero-order chi connectivity index (χ0) is 22.8. The maximum absolute atomic E-state index is 6.67. The van der Waals surface area contributed by atoms with Crippen LogP contribution in [0.15, 0.2) is 106 Å². The van der Waals surface area contributed by atoms with E-state index in [4.69, 9.17) is 20.4 Å². The van der Waals surface area contributed by atoms with Crippen LogP contribution in [0.1, 0.15) is 0 Å². The van der Waals surface area contributed by atoms with Crippen LogP contribution in [0.3, 0.4) is 0 Å². The van der Waals surface area contributed by atoms with Crippen molar-refractivity contribution >= 4 is 78.1 Å². The standard InChI is InChI=1S/C30H16ClIO2/c31-19-15-22(17-9-11-28-24(13-17)20-5-1-3-7-26(20)33-28)30(32)23(16-19)18-10-12-29-25(14-18)21-6-2-4-8-27(21)34-29/h1-16H. The summed E-state index contributed by atoms with van der Waals surface area (Å²) in [4.78, 5) is 0. The molecule has 0 fully saturated rings. The molecule has 7 aromatic rings. The molecule has 4 heteroatoms. The molecule has 0 aliphatic rings. The van der Waals surface area contributed by atoms with Crippen molar-refractivity contribution in [3.63, 3.8) is 0 Å². The summed E-state index contributed by atoms with van der Waals surface area (Å²) >= 11 is 9.11. The summed E-state index contributed by atoms with van der Waals surface area (Å²) in [6.07, 6.45) is 0. The number of hydrogen-bond acceptors (Lipinski definition) is 2. The maximum Gasteiger partial charge on any atom is 0.135 e. The van der Waals surface area contributed by atoms with Crippen LogP contribution in [0.5, 0.6) is 0 Å². The van der Waals surface area contributed by atoms with E-state index >= 15 is 0 Å². The lowest BCUT2D eigenvalue weighted by molar-refractivity contribution is 0.668. The van der Waals surface area contributed by atoms with E-state index in [9.17, 15) is 0 Å². The van der Waals surface area contributed by atoms with E-state index in [1.54, 1.807) is 0 Å². The minimum Gasteiger partial charge on any atom is -0.456 e. The Bertz CT molecular complexity index is 1760. The molecule has 0 unspecified atom stereocenters. The van der Waals surface area contributed by atoms with Crippen molar-refractivity contribution in [3.8, 4) is 22.3 Å². The predicted octanol–water partition coefficient (Wildman–Crippen LogP) is 10.1. The molecule has 2 nitrogen and oxygen atoms in total. The van der Waals surface area contributed by atoms with Crippen molar-refractivity contribution < 1.29 is 8.83 Å². The molecule has 2 aromatic heterocycles. The lowest BCUT2D eigenvalue weighted by Crippen LogP contribution is -1.89. The van der Waals surface area contributed by atoms with Gasteiger partial charge >= 0.3 is 0 Å². The first kappa shape index (κ1) is 20.1. The van der Waals surface area contributed by atoms with Crippen LogP contribution < -0.4 is 0 Å². The minimum absolute atomic E-state index is 0.708. The molecular formula is C30H16ClIO2. The summed E-state index contributed by atoms with van der Waals surface area (Å²) in [6, 6.07) is 33.1. The molecule has 7 rings (SSSR count). The Labute approximate surface area is 213 Å². The van der Waals surface area contributed by atoms with E-state index in [2.05, 4.69) is 59.0 Å². The normalized spacial score (nSPS) is 11.8. The molecule has 0 aliphatic heterocycles. The highest BCUT2D eigenvalue weighted by Gasteiger charge is 2.16. The van der Waals surface area contributed by atoms with Crippen molar-refractivity contribution in [2.45, 2.75) is 0 Å². The second-order valence-electron chi connectivity index (χ2n) is 8.43. The monoisotopic (exact) mass is 570 g/mol. The van der Waals surface area contributed by atoms with Crippen LogP contribution in [0.25, 0.3) is 66.1 Å². The quantitative estimate of drug-likeness (QED) is 0.193. The van der Waals surface area contributed by atoms with Crippen LogP contribution in [-0.2, 0) is 0 Å². The Balaban J connectivity index is 1.43. The highest BCUT2D eigenvalue weighted by molar-refractivity contribution is 14.1. The molecule has 2 heterocycles. The fourth-order valence-electron chi connectivity index (χ4n) is 4.80. The van der Waals surface area contributed by atoms with Crippen molar-refractivity contribution in [1.29, 1.82) is 0 Å². The molecule has 5 aromatic carbocycles. The Morgan fingerprint density at radius 2 is 0.941 bits per heavy atom. The number of benzene rings is 5. The summed E-state index contributed by atoms with van der Waals surface area (Å²) in [5.41, 5.74) is 8.01. The summed E-state index contributed by atoms with van der Waals surface area (Å²) in [6.45, 7) is 0. The Morgan fingerprint density at radius 1 is 0.500 bits per heavy atom. The summed E-state index contributed by atoms with van der Waals surface area (Å²) in [7, 11) is 0. The van der Waals surface area contributed by atoms with Gasteiger partial charge in [0.2, 0.25) is 0 Å². The third-order valence-electron chi connectivity index (χ3n) is 6.41. The van der Waals surface area contributed by atoms with Crippen LogP contribution in [-0.4, -0.2) is 0 Å². The van der Waals surface area contributed by atoms with Gasteiger partial charge in [0.25, 0.3) is 0 Å². The van der Waals surface area contributed by atoms with Gasteiger partial charge in [-0.05, 0) is 93.4 Å². The second kappa shape index (κ2) is 7.62. The van der Waals surface area contributed by atoms with Crippen molar-refractivity contribution in [1.82, 2.24) is 0 Å². The van der Waals surface area contributed by atoms with Crippen molar-refractivity contribution in [2.24, 2.45) is 0 Å². The van der Waals surface area contributed by atoms with E-state index in [0.29, 0.717) is 5.02 Å². The summed E-state index contributed by atoms with van der Waals surface area (Å²) in [5.74, 6) is 0. The lowest BCUT2D eigenvalue weighted by atomic mass is 9.97. The molecule has 0 N–H and O–H groups in total. The first-order valence-corrected chi connectivity index (χ1v) is 12.4. The van der Waals surface area contributed by atoms with Gasteiger partial charge in [0, 0.05) is 30.1 Å². The van der Waals surface area contributed by atoms with Gasteiger partial charge in [-0.2, -0.15) is 0 Å². The predicted molar refractivity (Wildman–Crippen MR) is 150 cm³/mol. The zero-order valence-corrected chi connectivity index (χ0v) is 20.7. The van der Waals surface area contributed by atoms with Gasteiger partial charge < -0.3 is 8.83 Å². The molecule has 0 spiro atoms. The average molecular weight is 571 g/mol. The highest BCUT2D eigenvalue weighted by Crippen LogP contribution is 2.40. The molecule has 0 amide bonds. The largest absolute Gasteiger partial charge is 0.456 e. The van der Waals surface area contributed by atoms with Crippen molar-refractivity contribution in [3.05, 3.63) is 106 Å². The average Bonchev–Trinajstić information content (AvgIpc) is 3.42. The maximum atomic E-state index is 6.67. The minimum atomic E-state index is 0.708. The number of furan rings is 2. The Morgan fingerprint density at radius 3 is 1.44 bits per heavy atom. The van der Waals surface area contributed by atoms with Gasteiger partial charge in [0.1, 0.15) is 22.3 Å². The number of para-hydroxylation sites is 2. The molecule has 0 aliphatic carbocycles. The Kier molecular flexibility index (Phi) is 4.51. The van der Waals surface area contributed by atoms with Gasteiger partial charge in [-0.3, -0.25) is 0 Å². The van der Waals surface area contributed by atoms with Crippen molar-refractivity contribution in [2.75, 3.05) is 0 Å². The topological polar surface area (TPSA) is 26.3 Å². The number of halogens is 2. The lowest BCUT2D eigenvalue weighted by Gasteiger charge is -2.12. The summed E-state index contributed by atoms with van der Waals surface area (Å²) in [5, 5.41) is 5.16. The molecule has 34 heavy (non-hydrogen) atoms. The van der Waals surface area contributed by atoms with Gasteiger partial charge in [-0.15, -0.1) is 0 Å². The summed E-state index contributed by atoms with van der Waals surface area (Å²) < 4.78 is 13.2. The van der Waals surface area contributed by atoms with E-state index < -0.39 is 0 Å². The van der Waals surface area contributed by atoms with E-state index in [1.807, 2.05) is 60.7 Å². The van der Waals surface area contributed by atoms with Gasteiger partial charge in [0.15, 0.2) is 0 Å². The van der Waals surface area contributed by atoms with Crippen LogP contribution in [0.2, 0.25) is 5.02 Å². The smallest absolute Gasteiger partial charge is 0.135 e. The third-order valence-corrected chi connectivity index (χ3v) is 7.79. The van der Waals surface area contributed by atoms with Gasteiger partial charge in [0.05, 0.1) is 0 Å². The second-order valence-corrected chi connectivity index (χ2v) is 9.95. The van der Waals surface area contributed by atoms with Crippen LogP contribution >= 0.6 is 34.2 Å². The zero-order valence-electron chi connectivity index (χ0n) is 17.8. The van der Waals surface area contributed by atoms with Crippen LogP contribution in [0.4, 0.5) is 0 Å². The van der Waals surface area contributed by atoms with E-state index in [1.165, 1.54) is 0 Å². The first-order valence-electron chi connectivity index (χ1n) is 11.0. The van der Waals surface area contributed by atoms with Gasteiger partial charge in [-0.25, -0.2) is 0 Å². The molecule has 0 atom stereocenters. The SMILES string of the molecule is Clc1cc(-c2ccc3oc4ccccc4c3c2)c(I)c(-c2ccc3oc4ccccc4c3c2)c1. The molecule has 0 radical (unpaired) electrons. The van der Waals surface area contributed by atoms with Crippen LogP contribution in [0, 0.1) is 3.57 Å². The van der Waals surface area contributed by atoms with E-state index in [-0.39, 0.29) is 0 Å². The van der Waals surface area contributed by atoms with Gasteiger partial charge in [-0.1, -0.05) is 60.1 Å². The highest BCUT2D eigenvalue weighted by atomic mass is 127. The fourth-order valence-corrected chi connectivity index (χ4v) is 5.95. The van der Waals surface area contributed by atoms with E-state index in [0.717, 1.165) is 69.7 Å². The number of hydrogen-bond donors (Lipinski definition) is 0. The first-order chi connectivity index (χ1) is 16.7. The third kappa shape index (κ3) is 3.07. The molecule has 0 saturated heterocycles. The molecule has 0 bridgehead atoms. The molecule has 0 saturated carbocycles. The number of fused-ring (bicyclic) bond motifs is 6. The molecular weight excluding hydrogens is 555 g/mol. The number of rotatable bonds is 2. The Hall–Kier alpha value is -3.28.